The van der Waals surface area contributed by atoms with Crippen molar-refractivity contribution in [2.45, 2.75) is 68.1 Å². The molecule has 610 valence electrons. The maximum atomic E-state index is 7.57. The minimum Gasteiger partial charge on any atom is -0.452 e. The summed E-state index contributed by atoms with van der Waals surface area (Å²) < 4.78 is 102. The normalized spacial score (nSPS) is 12.7. The molecule has 0 N–H and O–H groups in total. The van der Waals surface area contributed by atoms with Gasteiger partial charge in [0.1, 0.15) is 74.7 Å². The number of fused-ring (bicyclic) bond motifs is 25. The third-order valence-corrected chi connectivity index (χ3v) is 28.8. The van der Waals surface area contributed by atoms with Gasteiger partial charge in [0.15, 0.2) is 75.6 Å². The highest BCUT2D eigenvalue weighted by Crippen LogP contribution is 2.51. The number of rotatable bonds is 6. The quantitative estimate of drug-likeness (QED) is 0.146. The van der Waals surface area contributed by atoms with Gasteiger partial charge < -0.3 is 26.5 Å². The van der Waals surface area contributed by atoms with E-state index in [0.717, 1.165) is 139 Å². The molecule has 0 saturated heterocycles. The average Bonchev–Trinajstić information content (AvgIpc) is 1.60. The number of aromatic nitrogens is 10. The first kappa shape index (κ1) is 71.5. The minimum absolute atomic E-state index is 0.0581. The molecule has 0 unspecified atom stereocenters. The molecule has 25 rings (SSSR count). The van der Waals surface area contributed by atoms with E-state index in [-0.39, 0.29) is 11.4 Å². The van der Waals surface area contributed by atoms with Crippen LogP contribution in [0.3, 0.4) is 0 Å². The monoisotopic (exact) mass is 1720 g/mol. The summed E-state index contributed by atoms with van der Waals surface area (Å²) in [5.74, 6) is 0.388. The SMILES string of the molecule is Cc1ccc2c(oc3c4ccccc4oc23)c1-c1cnc(C(C)C)c[n+]1C.Cc1ccc2c(sc3c4ccccc4sc23)c1-c1cncc[n+]1C.Cc1ccc2c(sc3sc4ccccc4c32)c1-c1cncc[n+]1C.[2H]C([2H])([2H])c1c[n+](C)c(-c2c(C)ccc3c2oc2c4ccccc4oc32)cn1.[2H]C([2H])([2H])c1c[n+](C)c(-c2cc3oc4c5ccccc5oc4c3cc2C)cn1. The highest BCUT2D eigenvalue weighted by Gasteiger charge is 2.30. The van der Waals surface area contributed by atoms with Gasteiger partial charge in [-0.2, -0.15) is 22.8 Å². The van der Waals surface area contributed by atoms with Crippen LogP contribution in [0.5, 0.6) is 0 Å². The van der Waals surface area contributed by atoms with Gasteiger partial charge in [-0.15, -0.1) is 45.3 Å². The van der Waals surface area contributed by atoms with Gasteiger partial charge in [-0.25, -0.2) is 15.0 Å². The van der Waals surface area contributed by atoms with E-state index in [0.29, 0.717) is 22.7 Å². The van der Waals surface area contributed by atoms with Crippen molar-refractivity contribution in [3.8, 4) is 56.3 Å². The zero-order valence-electron chi connectivity index (χ0n) is 76.4. The van der Waals surface area contributed by atoms with Gasteiger partial charge in [0.05, 0.1) is 126 Å². The molecule has 0 aliphatic rings. The fourth-order valence-electron chi connectivity index (χ4n) is 17.4. The Morgan fingerprint density at radius 2 is 0.736 bits per heavy atom. The van der Waals surface area contributed by atoms with Crippen molar-refractivity contribution in [1.29, 1.82) is 0 Å². The standard InChI is InChI=1S/C23H21N2O2.2C21H17N2O2.2C20H15N2S2/c1-13(2)17-12-25(4)18(11-24-17)20-14(3)9-10-16-21(20)27-22-15-7-5-6-8-19(15)26-23(16)22;1-12-8-16-19(9-15(12)17-10-22-13(2)11-23(17)3)25-20-14-6-4-5-7-18(14)24-21(16)20;1-12-8-9-15-19(18(12)16-10-22-13(2)11-23(16)3)25-20-14-6-4-5-7-17(14)24-21(15)20;1-12-7-8-14-18(17(12)15-11-21-9-10-22(15)2)24-19-13-5-3-4-6-16(13)23-20(14)19;1-12-7-8-14-18-13-5-3-4-6-16(13)23-20(18)24-19(14)17(12)15-11-21-9-10-22(15)2/h5-13H,1-4H3;2*4-11H,1-3H3;2*3-11H,1-2H3/q5*+1/i;2*2D3;;. The lowest BCUT2D eigenvalue weighted by Crippen LogP contribution is -2.32. The molecule has 0 aliphatic heterocycles. The summed E-state index contributed by atoms with van der Waals surface area (Å²) in [6, 6.07) is 62.2. The number of nitrogens with zero attached hydrogens (tertiary/aromatic N) is 10. The summed E-state index contributed by atoms with van der Waals surface area (Å²) in [7, 11) is 9.86. The molecule has 0 bridgehead atoms. The Hall–Kier alpha value is -14.0. The highest BCUT2D eigenvalue weighted by atomic mass is 32.2. The van der Waals surface area contributed by atoms with Crippen molar-refractivity contribution in [2.75, 3.05) is 0 Å². The Morgan fingerprint density at radius 1 is 0.320 bits per heavy atom. The summed E-state index contributed by atoms with van der Waals surface area (Å²) in [5, 5.41) is 12.5. The maximum Gasteiger partial charge on any atom is 0.234 e. The molecular weight excluding hydrogens is 1630 g/mol. The van der Waals surface area contributed by atoms with Crippen LogP contribution < -0.4 is 22.8 Å². The van der Waals surface area contributed by atoms with E-state index in [1.54, 1.807) is 33.9 Å². The Labute approximate surface area is 742 Å². The maximum absolute atomic E-state index is 7.57. The number of thiophene rings is 4. The van der Waals surface area contributed by atoms with E-state index in [1.165, 1.54) is 92.8 Å². The molecule has 15 heterocycles. The lowest BCUT2D eigenvalue weighted by Gasteiger charge is -2.07. The molecule has 0 radical (unpaired) electrons. The third kappa shape index (κ3) is 13.3. The smallest absolute Gasteiger partial charge is 0.234 e. The average molecular weight is 1720 g/mol. The first-order valence-corrected chi connectivity index (χ1v) is 44.3. The van der Waals surface area contributed by atoms with Crippen LogP contribution in [0.2, 0.25) is 0 Å². The predicted molar refractivity (Wildman–Crippen MR) is 509 cm³/mol. The second-order valence-electron chi connectivity index (χ2n) is 32.1. The van der Waals surface area contributed by atoms with E-state index < -0.39 is 13.7 Å². The van der Waals surface area contributed by atoms with Crippen molar-refractivity contribution < 1.29 is 57.6 Å². The third-order valence-electron chi connectivity index (χ3n) is 23.7. The number of benzene rings is 10. The summed E-state index contributed by atoms with van der Waals surface area (Å²) in [5.41, 5.74) is 26.6. The molecule has 0 amide bonds. The van der Waals surface area contributed by atoms with Crippen LogP contribution in [0.25, 0.3) is 215 Å². The lowest BCUT2D eigenvalue weighted by molar-refractivity contribution is -0.661. The first-order valence-electron chi connectivity index (χ1n) is 44.1. The molecule has 25 aromatic rings. The molecule has 0 atom stereocenters. The van der Waals surface area contributed by atoms with Crippen LogP contribution in [-0.4, -0.2) is 24.9 Å². The van der Waals surface area contributed by atoms with E-state index >= 15 is 0 Å². The molecular formula is C105H85N10O6S4+5. The molecule has 16 nitrogen and oxygen atoms in total. The fourth-order valence-corrected chi connectivity index (χ4v) is 23.0. The molecule has 0 saturated carbocycles. The van der Waals surface area contributed by atoms with Gasteiger partial charge in [-0.3, -0.25) is 9.97 Å². The van der Waals surface area contributed by atoms with Crippen molar-refractivity contribution in [3.05, 3.63) is 301 Å². The molecule has 0 fully saturated rings. The van der Waals surface area contributed by atoms with E-state index in [2.05, 4.69) is 186 Å². The molecule has 20 heteroatoms. The number of hydrogen-bond acceptors (Lipinski definition) is 15. The molecule has 125 heavy (non-hydrogen) atoms. The van der Waals surface area contributed by atoms with Gasteiger partial charge in [-0.1, -0.05) is 123 Å². The van der Waals surface area contributed by atoms with E-state index in [1.807, 2.05) is 214 Å². The second kappa shape index (κ2) is 31.1. The number of para-hydroxylation sites is 3. The highest BCUT2D eigenvalue weighted by molar-refractivity contribution is 7.44. The van der Waals surface area contributed by atoms with Gasteiger partial charge in [0, 0.05) is 50.5 Å². The van der Waals surface area contributed by atoms with Gasteiger partial charge >= 0.3 is 0 Å². The van der Waals surface area contributed by atoms with Gasteiger partial charge in [0.25, 0.3) is 0 Å². The van der Waals surface area contributed by atoms with Crippen LogP contribution in [0.1, 0.15) is 72.9 Å². The zero-order chi connectivity index (χ0) is 90.5. The summed E-state index contributed by atoms with van der Waals surface area (Å²) in [4.78, 5) is 21.7. The summed E-state index contributed by atoms with van der Waals surface area (Å²) in [6.07, 6.45) is 21.9. The molecule has 10 aromatic carbocycles. The zero-order valence-corrected chi connectivity index (χ0v) is 73.6. The van der Waals surface area contributed by atoms with E-state index in [9.17, 15) is 0 Å². The van der Waals surface area contributed by atoms with Crippen LogP contribution in [0.4, 0.5) is 0 Å². The Kier molecular flexibility index (Phi) is 17.8. The number of hydrogen-bond donors (Lipinski definition) is 0. The number of aryl methyl sites for hydroxylation is 12. The van der Waals surface area contributed by atoms with Crippen molar-refractivity contribution in [2.24, 2.45) is 35.2 Å². The predicted octanol–water partition coefficient (Wildman–Crippen LogP) is 26.2. The Morgan fingerprint density at radius 3 is 1.26 bits per heavy atom. The van der Waals surface area contributed by atoms with Gasteiger partial charge in [-0.05, 0) is 149 Å². The first-order chi connectivity index (χ1) is 63.2. The molecule has 0 aliphatic carbocycles. The number of furan rings is 6. The Bertz CT molecular complexity index is 8880. The van der Waals surface area contributed by atoms with Gasteiger partial charge in [0.2, 0.25) is 28.5 Å². The van der Waals surface area contributed by atoms with Crippen molar-refractivity contribution in [3.63, 3.8) is 0 Å². The second-order valence-corrected chi connectivity index (χ2v) is 36.5. The van der Waals surface area contributed by atoms with Crippen molar-refractivity contribution in [1.82, 2.24) is 24.9 Å². The fraction of sp³-hybridized carbons (Fsp3) is 0.143. The summed E-state index contributed by atoms with van der Waals surface area (Å²) >= 11 is 7.62. The lowest BCUT2D eigenvalue weighted by atomic mass is 10.0. The topological polar surface area (TPSA) is 163 Å². The minimum atomic E-state index is -2.25. The summed E-state index contributed by atoms with van der Waals surface area (Å²) in [6.45, 7) is 10.3. The molecule has 0 spiro atoms. The van der Waals surface area contributed by atoms with Crippen LogP contribution in [0, 0.1) is 48.3 Å². The van der Waals surface area contributed by atoms with Crippen LogP contribution in [0.15, 0.2) is 283 Å². The van der Waals surface area contributed by atoms with Crippen LogP contribution in [-0.2, 0) is 35.2 Å². The largest absolute Gasteiger partial charge is 0.452 e. The van der Waals surface area contributed by atoms with Crippen molar-refractivity contribution >= 4 is 204 Å². The Balaban J connectivity index is 0.0000000990. The molecule has 15 aromatic heterocycles. The van der Waals surface area contributed by atoms with E-state index in [4.69, 9.17) is 34.7 Å². The van der Waals surface area contributed by atoms with Crippen LogP contribution >= 0.6 is 45.3 Å².